The van der Waals surface area contributed by atoms with E-state index in [2.05, 4.69) is 18.9 Å². The molecule has 148 valence electrons. The largest absolute Gasteiger partial charge is 0.444 e. The van der Waals surface area contributed by atoms with E-state index in [1.807, 2.05) is 46.4 Å². The molecule has 0 saturated carbocycles. The fourth-order valence-corrected chi connectivity index (χ4v) is 3.72. The van der Waals surface area contributed by atoms with Gasteiger partial charge in [0.2, 0.25) is 0 Å². The number of nitrogens with two attached hydrogens (primary N) is 1. The van der Waals surface area contributed by atoms with Gasteiger partial charge in [0.15, 0.2) is 5.82 Å². The van der Waals surface area contributed by atoms with Gasteiger partial charge in [-0.1, -0.05) is 13.8 Å². The molecule has 0 saturated heterocycles. The molecule has 0 bridgehead atoms. The van der Waals surface area contributed by atoms with Gasteiger partial charge < -0.3 is 15.2 Å². The zero-order valence-electron chi connectivity index (χ0n) is 17.0. The van der Waals surface area contributed by atoms with Crippen molar-refractivity contribution in [1.82, 2.24) is 14.7 Å². The molecular weight excluding hydrogens is 352 g/mol. The van der Waals surface area contributed by atoms with Crippen LogP contribution in [0.2, 0.25) is 0 Å². The lowest BCUT2D eigenvalue weighted by Gasteiger charge is -2.34. The molecule has 1 aliphatic rings. The van der Waals surface area contributed by atoms with Crippen molar-refractivity contribution in [3.8, 4) is 0 Å². The summed E-state index contributed by atoms with van der Waals surface area (Å²) in [6.07, 6.45) is -0.348. The predicted octanol–water partition coefficient (Wildman–Crippen LogP) is 3.57. The van der Waals surface area contributed by atoms with Crippen molar-refractivity contribution < 1.29 is 14.3 Å². The SMILES string of the molecule is CC(C)SCCOCn1nc(N)c2c1C(C)(C)N(C(=O)OC(C)(C)C)C2. The highest BCUT2D eigenvalue weighted by Gasteiger charge is 2.46. The first kappa shape index (κ1) is 20.9. The maximum absolute atomic E-state index is 12.6. The molecule has 1 amide bonds. The Kier molecular flexibility index (Phi) is 6.17. The standard InChI is InChI=1S/C18H32N4O3S/c1-12(2)26-9-8-24-11-22-14-13(15(19)20-22)10-21(18(14,6)7)16(23)25-17(3,4)5/h12H,8-11H2,1-7H3,(H2,19,20). The summed E-state index contributed by atoms with van der Waals surface area (Å²) in [4.78, 5) is 14.3. The second-order valence-corrected chi connectivity index (χ2v) is 9.98. The van der Waals surface area contributed by atoms with Crippen LogP contribution in [0, 0.1) is 0 Å². The van der Waals surface area contributed by atoms with E-state index in [1.54, 1.807) is 9.58 Å². The van der Waals surface area contributed by atoms with E-state index in [1.165, 1.54) is 0 Å². The molecule has 1 aliphatic heterocycles. The Bertz CT molecular complexity index is 650. The van der Waals surface area contributed by atoms with Gasteiger partial charge in [-0.3, -0.25) is 4.90 Å². The summed E-state index contributed by atoms with van der Waals surface area (Å²) in [5, 5.41) is 5.00. The maximum Gasteiger partial charge on any atom is 0.411 e. The number of amides is 1. The average Bonchev–Trinajstić information content (AvgIpc) is 2.92. The average molecular weight is 385 g/mol. The number of hydrogen-bond donors (Lipinski definition) is 1. The van der Waals surface area contributed by atoms with Gasteiger partial charge >= 0.3 is 6.09 Å². The van der Waals surface area contributed by atoms with Crippen LogP contribution in [0.25, 0.3) is 0 Å². The van der Waals surface area contributed by atoms with Gasteiger partial charge in [0.1, 0.15) is 12.3 Å². The lowest BCUT2D eigenvalue weighted by atomic mass is 10.0. The number of aromatic nitrogens is 2. The second-order valence-electron chi connectivity index (χ2n) is 8.29. The van der Waals surface area contributed by atoms with Crippen LogP contribution in [0.5, 0.6) is 0 Å². The van der Waals surface area contributed by atoms with Crippen LogP contribution in [0.1, 0.15) is 59.7 Å². The van der Waals surface area contributed by atoms with Crippen LogP contribution in [-0.4, -0.2) is 44.0 Å². The molecule has 0 aromatic carbocycles. The van der Waals surface area contributed by atoms with Crippen molar-refractivity contribution in [3.05, 3.63) is 11.3 Å². The van der Waals surface area contributed by atoms with Crippen LogP contribution in [0.15, 0.2) is 0 Å². The fourth-order valence-electron chi connectivity index (χ4n) is 3.04. The molecule has 2 rings (SSSR count). The number of nitrogen functional groups attached to an aromatic ring is 1. The van der Waals surface area contributed by atoms with E-state index < -0.39 is 11.1 Å². The molecule has 0 radical (unpaired) electrons. The first-order chi connectivity index (χ1) is 11.9. The molecule has 0 aliphatic carbocycles. The minimum Gasteiger partial charge on any atom is -0.444 e. The number of fused-ring (bicyclic) bond motifs is 1. The van der Waals surface area contributed by atoms with Gasteiger partial charge in [-0.05, 0) is 39.9 Å². The van der Waals surface area contributed by atoms with Gasteiger partial charge in [-0.15, -0.1) is 0 Å². The van der Waals surface area contributed by atoms with Crippen molar-refractivity contribution >= 4 is 23.7 Å². The van der Waals surface area contributed by atoms with Gasteiger partial charge in [0.25, 0.3) is 0 Å². The number of ether oxygens (including phenoxy) is 2. The topological polar surface area (TPSA) is 82.6 Å². The Morgan fingerprint density at radius 3 is 2.62 bits per heavy atom. The lowest BCUT2D eigenvalue weighted by Crippen LogP contribution is -2.44. The van der Waals surface area contributed by atoms with Crippen molar-refractivity contribution in [2.75, 3.05) is 18.1 Å². The molecule has 1 aromatic rings. The van der Waals surface area contributed by atoms with Crippen LogP contribution in [-0.2, 0) is 28.3 Å². The molecule has 26 heavy (non-hydrogen) atoms. The van der Waals surface area contributed by atoms with Crippen molar-refractivity contribution in [2.45, 2.75) is 78.1 Å². The van der Waals surface area contributed by atoms with E-state index in [4.69, 9.17) is 15.2 Å². The maximum atomic E-state index is 12.6. The van der Waals surface area contributed by atoms with Crippen LogP contribution < -0.4 is 5.73 Å². The molecule has 0 fully saturated rings. The van der Waals surface area contributed by atoms with Gasteiger partial charge in [0.05, 0.1) is 24.4 Å². The Hall–Kier alpha value is -1.41. The zero-order valence-corrected chi connectivity index (χ0v) is 17.8. The minimum atomic E-state index is -0.571. The molecule has 0 atom stereocenters. The Balaban J connectivity index is 2.10. The van der Waals surface area contributed by atoms with E-state index in [0.717, 1.165) is 17.0 Å². The number of thioether (sulfide) groups is 1. The molecule has 1 aromatic heterocycles. The highest BCUT2D eigenvalue weighted by molar-refractivity contribution is 7.99. The van der Waals surface area contributed by atoms with E-state index in [0.29, 0.717) is 31.0 Å². The first-order valence-electron chi connectivity index (χ1n) is 8.99. The fraction of sp³-hybridized carbons (Fsp3) is 0.778. The monoisotopic (exact) mass is 384 g/mol. The number of carbonyl (C=O) groups excluding carboxylic acids is 1. The minimum absolute atomic E-state index is 0.323. The van der Waals surface area contributed by atoms with E-state index >= 15 is 0 Å². The summed E-state index contributed by atoms with van der Waals surface area (Å²) in [5.41, 5.74) is 6.78. The van der Waals surface area contributed by atoms with Crippen LogP contribution in [0.3, 0.4) is 0 Å². The van der Waals surface area contributed by atoms with Gasteiger partial charge in [-0.2, -0.15) is 16.9 Å². The number of hydrogen-bond acceptors (Lipinski definition) is 6. The third-order valence-corrected chi connectivity index (χ3v) is 5.23. The molecule has 8 heteroatoms. The third-order valence-electron chi connectivity index (χ3n) is 4.16. The van der Waals surface area contributed by atoms with Crippen molar-refractivity contribution in [2.24, 2.45) is 0 Å². The van der Waals surface area contributed by atoms with Gasteiger partial charge in [0, 0.05) is 11.3 Å². The van der Waals surface area contributed by atoms with Crippen molar-refractivity contribution in [3.63, 3.8) is 0 Å². The molecule has 0 unspecified atom stereocenters. The highest BCUT2D eigenvalue weighted by atomic mass is 32.2. The Labute approximate surface area is 160 Å². The Morgan fingerprint density at radius 2 is 2.04 bits per heavy atom. The summed E-state index contributed by atoms with van der Waals surface area (Å²) in [7, 11) is 0. The summed E-state index contributed by atoms with van der Waals surface area (Å²) in [5.74, 6) is 1.38. The zero-order chi connectivity index (χ0) is 19.7. The second kappa shape index (κ2) is 7.68. The van der Waals surface area contributed by atoms with E-state index in [9.17, 15) is 4.79 Å². The molecule has 2 N–H and O–H groups in total. The first-order valence-corrected chi connectivity index (χ1v) is 10.0. The smallest absolute Gasteiger partial charge is 0.411 e. The number of rotatable bonds is 6. The van der Waals surface area contributed by atoms with E-state index in [-0.39, 0.29) is 6.09 Å². The quantitative estimate of drug-likeness (QED) is 0.755. The summed E-state index contributed by atoms with van der Waals surface area (Å²) >= 11 is 1.86. The molecular formula is C18H32N4O3S. The lowest BCUT2D eigenvalue weighted by molar-refractivity contribution is 0.00207. The predicted molar refractivity (Wildman–Crippen MR) is 105 cm³/mol. The number of carbonyl (C=O) groups is 1. The molecule has 2 heterocycles. The highest BCUT2D eigenvalue weighted by Crippen LogP contribution is 2.42. The molecule has 0 spiro atoms. The Morgan fingerprint density at radius 1 is 1.38 bits per heavy atom. The number of anilines is 1. The third kappa shape index (κ3) is 4.65. The molecule has 7 nitrogen and oxygen atoms in total. The van der Waals surface area contributed by atoms with Crippen LogP contribution >= 0.6 is 11.8 Å². The van der Waals surface area contributed by atoms with Crippen LogP contribution in [0.4, 0.5) is 10.6 Å². The summed E-state index contributed by atoms with van der Waals surface area (Å²) < 4.78 is 13.1. The number of nitrogens with zero attached hydrogens (tertiary/aromatic N) is 3. The van der Waals surface area contributed by atoms with Gasteiger partial charge in [-0.25, -0.2) is 9.48 Å². The summed E-state index contributed by atoms with van der Waals surface area (Å²) in [6.45, 7) is 15.2. The van der Waals surface area contributed by atoms with Crippen molar-refractivity contribution in [1.29, 1.82) is 0 Å². The normalized spacial score (nSPS) is 16.2. The summed E-state index contributed by atoms with van der Waals surface area (Å²) in [6, 6.07) is 0.